The molecule has 96 valence electrons. The summed E-state index contributed by atoms with van der Waals surface area (Å²) in [5.74, 6) is -0.105. The van der Waals surface area contributed by atoms with Crippen LogP contribution in [-0.2, 0) is 4.74 Å². The first-order valence-corrected chi connectivity index (χ1v) is 6.41. The van der Waals surface area contributed by atoms with Crippen molar-refractivity contribution < 1.29 is 9.53 Å². The fourth-order valence-corrected chi connectivity index (χ4v) is 2.89. The Labute approximate surface area is 110 Å². The number of ether oxygens (including phenoxy) is 1. The maximum absolute atomic E-state index is 12.3. The SMILES string of the molecule is O=C(c1ncncc1Cl)N1CCC2(CCOC2)C1. The lowest BCUT2D eigenvalue weighted by Gasteiger charge is -2.21. The van der Waals surface area contributed by atoms with E-state index in [4.69, 9.17) is 16.3 Å². The Morgan fingerprint density at radius 2 is 2.39 bits per heavy atom. The molecule has 6 heteroatoms. The van der Waals surface area contributed by atoms with Gasteiger partial charge >= 0.3 is 0 Å². The number of hydrogen-bond donors (Lipinski definition) is 0. The van der Waals surface area contributed by atoms with E-state index in [2.05, 4.69) is 9.97 Å². The average molecular weight is 268 g/mol. The maximum atomic E-state index is 12.3. The minimum Gasteiger partial charge on any atom is -0.381 e. The smallest absolute Gasteiger partial charge is 0.274 e. The molecule has 2 aliphatic rings. The number of halogens is 1. The quantitative estimate of drug-likeness (QED) is 0.771. The van der Waals surface area contributed by atoms with Crippen LogP contribution in [0.4, 0.5) is 0 Å². The summed E-state index contributed by atoms with van der Waals surface area (Å²) in [5.41, 5.74) is 0.456. The van der Waals surface area contributed by atoms with E-state index in [-0.39, 0.29) is 11.3 Å². The third-order valence-electron chi connectivity index (χ3n) is 3.78. The molecule has 1 aromatic rings. The van der Waals surface area contributed by atoms with Crippen LogP contribution < -0.4 is 0 Å². The van der Waals surface area contributed by atoms with Crippen molar-refractivity contribution in [2.24, 2.45) is 5.41 Å². The molecule has 1 spiro atoms. The topological polar surface area (TPSA) is 55.3 Å². The fourth-order valence-electron chi connectivity index (χ4n) is 2.70. The highest BCUT2D eigenvalue weighted by Crippen LogP contribution is 2.38. The molecular weight excluding hydrogens is 254 g/mol. The number of aromatic nitrogens is 2. The third-order valence-corrected chi connectivity index (χ3v) is 4.06. The van der Waals surface area contributed by atoms with E-state index in [9.17, 15) is 4.79 Å². The van der Waals surface area contributed by atoms with Crippen molar-refractivity contribution in [1.82, 2.24) is 14.9 Å². The van der Waals surface area contributed by atoms with Crippen LogP contribution in [0.5, 0.6) is 0 Å². The molecule has 3 heterocycles. The van der Waals surface area contributed by atoms with Crippen molar-refractivity contribution in [1.29, 1.82) is 0 Å². The van der Waals surface area contributed by atoms with Crippen molar-refractivity contribution in [2.75, 3.05) is 26.3 Å². The van der Waals surface area contributed by atoms with Crippen LogP contribution >= 0.6 is 11.6 Å². The zero-order valence-electron chi connectivity index (χ0n) is 9.93. The van der Waals surface area contributed by atoms with Crippen molar-refractivity contribution >= 4 is 17.5 Å². The van der Waals surface area contributed by atoms with Gasteiger partial charge in [0, 0.05) is 31.3 Å². The van der Waals surface area contributed by atoms with E-state index in [0.29, 0.717) is 10.7 Å². The summed E-state index contributed by atoms with van der Waals surface area (Å²) in [5, 5.41) is 0.311. The highest BCUT2D eigenvalue weighted by Gasteiger charge is 2.43. The Morgan fingerprint density at radius 3 is 3.11 bits per heavy atom. The lowest BCUT2D eigenvalue weighted by Crippen LogP contribution is -2.33. The maximum Gasteiger partial charge on any atom is 0.274 e. The summed E-state index contributed by atoms with van der Waals surface area (Å²) >= 11 is 5.95. The number of carbonyl (C=O) groups excluding carboxylic acids is 1. The lowest BCUT2D eigenvalue weighted by atomic mass is 9.87. The second-order valence-corrected chi connectivity index (χ2v) is 5.41. The van der Waals surface area contributed by atoms with Crippen LogP contribution in [0, 0.1) is 5.41 Å². The fraction of sp³-hybridized carbons (Fsp3) is 0.583. The summed E-state index contributed by atoms with van der Waals surface area (Å²) in [6.45, 7) is 3.05. The molecule has 3 rings (SSSR count). The van der Waals surface area contributed by atoms with Gasteiger partial charge in [-0.15, -0.1) is 0 Å². The number of carbonyl (C=O) groups is 1. The van der Waals surface area contributed by atoms with Gasteiger partial charge in [0.1, 0.15) is 12.0 Å². The predicted molar refractivity (Wildman–Crippen MR) is 65.4 cm³/mol. The minimum atomic E-state index is -0.105. The number of amides is 1. The standard InChI is InChI=1S/C12H14ClN3O2/c13-9-5-14-8-15-10(9)11(17)16-3-1-12(6-16)2-4-18-7-12/h5,8H,1-4,6-7H2. The summed E-state index contributed by atoms with van der Waals surface area (Å²) in [4.78, 5) is 21.9. The highest BCUT2D eigenvalue weighted by molar-refractivity contribution is 6.33. The van der Waals surface area contributed by atoms with E-state index in [1.54, 1.807) is 0 Å². The van der Waals surface area contributed by atoms with Gasteiger partial charge in [0.2, 0.25) is 0 Å². The van der Waals surface area contributed by atoms with Gasteiger partial charge in [0.15, 0.2) is 0 Å². The van der Waals surface area contributed by atoms with Crippen LogP contribution in [0.1, 0.15) is 23.3 Å². The van der Waals surface area contributed by atoms with Crippen molar-refractivity contribution in [3.05, 3.63) is 23.2 Å². The summed E-state index contributed by atoms with van der Waals surface area (Å²) in [6.07, 6.45) is 4.84. The van der Waals surface area contributed by atoms with E-state index in [1.165, 1.54) is 12.5 Å². The second-order valence-electron chi connectivity index (χ2n) is 5.00. The Kier molecular flexibility index (Phi) is 2.95. The largest absolute Gasteiger partial charge is 0.381 e. The molecule has 0 saturated carbocycles. The summed E-state index contributed by atoms with van der Waals surface area (Å²) in [6, 6.07) is 0. The Bertz CT molecular complexity index is 474. The first-order valence-electron chi connectivity index (χ1n) is 6.03. The lowest BCUT2D eigenvalue weighted by molar-refractivity contribution is 0.0760. The van der Waals surface area contributed by atoms with Crippen LogP contribution in [0.3, 0.4) is 0 Å². The van der Waals surface area contributed by atoms with Crippen molar-refractivity contribution in [3.63, 3.8) is 0 Å². The molecular formula is C12H14ClN3O2. The molecule has 0 bridgehead atoms. The molecule has 2 aliphatic heterocycles. The van der Waals surface area contributed by atoms with Gasteiger partial charge in [0.25, 0.3) is 5.91 Å². The molecule has 0 aliphatic carbocycles. The third kappa shape index (κ3) is 1.97. The monoisotopic (exact) mass is 267 g/mol. The predicted octanol–water partition coefficient (Wildman–Crippen LogP) is 1.38. The van der Waals surface area contributed by atoms with Gasteiger partial charge < -0.3 is 9.64 Å². The molecule has 2 saturated heterocycles. The first kappa shape index (κ1) is 11.9. The Balaban J connectivity index is 1.77. The number of likely N-dealkylation sites (tertiary alicyclic amines) is 1. The van der Waals surface area contributed by atoms with Gasteiger partial charge in [-0.3, -0.25) is 4.79 Å². The zero-order chi connectivity index (χ0) is 12.6. The minimum absolute atomic E-state index is 0.105. The van der Waals surface area contributed by atoms with Crippen LogP contribution in [0.2, 0.25) is 5.02 Å². The van der Waals surface area contributed by atoms with E-state index in [0.717, 1.165) is 39.1 Å². The Hall–Kier alpha value is -1.20. The van der Waals surface area contributed by atoms with Crippen LogP contribution in [0.15, 0.2) is 12.5 Å². The summed E-state index contributed by atoms with van der Waals surface area (Å²) < 4.78 is 5.45. The molecule has 1 atom stereocenters. The van der Waals surface area contributed by atoms with Crippen LogP contribution in [0.25, 0.3) is 0 Å². The number of rotatable bonds is 1. The van der Waals surface area contributed by atoms with E-state index in [1.807, 2.05) is 4.90 Å². The molecule has 18 heavy (non-hydrogen) atoms. The average Bonchev–Trinajstić information content (AvgIpc) is 3.00. The van der Waals surface area contributed by atoms with E-state index < -0.39 is 0 Å². The van der Waals surface area contributed by atoms with Crippen LogP contribution in [-0.4, -0.2) is 47.1 Å². The van der Waals surface area contributed by atoms with Gasteiger partial charge in [0.05, 0.1) is 11.6 Å². The molecule has 5 nitrogen and oxygen atoms in total. The molecule has 1 amide bonds. The molecule has 0 radical (unpaired) electrons. The normalized spacial score (nSPS) is 27.1. The number of hydrogen-bond acceptors (Lipinski definition) is 4. The first-order chi connectivity index (χ1) is 8.70. The van der Waals surface area contributed by atoms with Crippen molar-refractivity contribution in [3.8, 4) is 0 Å². The van der Waals surface area contributed by atoms with Gasteiger partial charge in [-0.2, -0.15) is 0 Å². The molecule has 0 aromatic carbocycles. The zero-order valence-corrected chi connectivity index (χ0v) is 10.7. The number of nitrogens with zero attached hydrogens (tertiary/aromatic N) is 3. The van der Waals surface area contributed by atoms with Crippen molar-refractivity contribution in [2.45, 2.75) is 12.8 Å². The van der Waals surface area contributed by atoms with E-state index >= 15 is 0 Å². The van der Waals surface area contributed by atoms with Gasteiger partial charge in [-0.05, 0) is 12.8 Å². The van der Waals surface area contributed by atoms with Gasteiger partial charge in [-0.1, -0.05) is 11.6 Å². The molecule has 1 aromatic heterocycles. The molecule has 1 unspecified atom stereocenters. The van der Waals surface area contributed by atoms with Gasteiger partial charge in [-0.25, -0.2) is 9.97 Å². The molecule has 0 N–H and O–H groups in total. The molecule has 2 fully saturated rings. The Morgan fingerprint density at radius 1 is 1.50 bits per heavy atom. The second kappa shape index (κ2) is 4.48. The summed E-state index contributed by atoms with van der Waals surface area (Å²) in [7, 11) is 0. The highest BCUT2D eigenvalue weighted by atomic mass is 35.5.